The summed E-state index contributed by atoms with van der Waals surface area (Å²) in [5, 5.41) is 1.44. The number of fused-ring (bicyclic) bond motifs is 1. The molecule has 9 nitrogen and oxygen atoms in total. The quantitative estimate of drug-likeness (QED) is 0.526. The Morgan fingerprint density at radius 3 is 2.28 bits per heavy atom. The molecule has 1 aromatic carbocycles. The van der Waals surface area contributed by atoms with Crippen LogP contribution >= 0.6 is 27.5 Å². The highest BCUT2D eigenvalue weighted by Crippen LogP contribution is 2.44. The third-order valence-electron chi connectivity index (χ3n) is 6.63. The third kappa shape index (κ3) is 5.60. The Labute approximate surface area is 225 Å². The first kappa shape index (κ1) is 25.6. The Morgan fingerprint density at radius 1 is 1.03 bits per heavy atom. The number of benzene rings is 1. The summed E-state index contributed by atoms with van der Waals surface area (Å²) in [6.45, 7) is 11.7. The van der Waals surface area contributed by atoms with Crippen LogP contribution in [0.3, 0.4) is 0 Å². The molecule has 3 heterocycles. The molecule has 0 N–H and O–H groups in total. The molecule has 3 fully saturated rings. The molecule has 36 heavy (non-hydrogen) atoms. The van der Waals surface area contributed by atoms with E-state index in [-0.39, 0.29) is 12.2 Å². The fraction of sp³-hybridized carbons (Fsp3) is 0.640. The number of carbonyl (C=O) groups excluding carboxylic acids is 1. The van der Waals surface area contributed by atoms with Crippen LogP contribution in [0.5, 0.6) is 5.75 Å². The van der Waals surface area contributed by atoms with Gasteiger partial charge in [0.15, 0.2) is 5.75 Å². The van der Waals surface area contributed by atoms with E-state index in [9.17, 15) is 4.79 Å². The maximum absolute atomic E-state index is 12.6. The lowest BCUT2D eigenvalue weighted by Crippen LogP contribution is -2.50. The van der Waals surface area contributed by atoms with E-state index in [1.165, 1.54) is 0 Å². The molecule has 5 rings (SSSR count). The summed E-state index contributed by atoms with van der Waals surface area (Å²) < 4.78 is 12.6. The largest absolute Gasteiger partial charge is 0.487 e. The molecule has 0 atom stereocenters. The van der Waals surface area contributed by atoms with Crippen LogP contribution in [0, 0.1) is 0 Å². The third-order valence-corrected chi connectivity index (χ3v) is 7.95. The van der Waals surface area contributed by atoms with Gasteiger partial charge in [-0.15, -0.1) is 0 Å². The Bertz CT molecular complexity index is 1140. The number of piperazine rings is 2. The van der Waals surface area contributed by atoms with E-state index < -0.39 is 5.60 Å². The van der Waals surface area contributed by atoms with E-state index in [1.54, 1.807) is 4.90 Å². The highest BCUT2D eigenvalue weighted by Gasteiger charge is 2.31. The predicted octanol–water partition coefficient (Wildman–Crippen LogP) is 4.40. The Hall–Kier alpha value is -2.04. The lowest BCUT2D eigenvalue weighted by Gasteiger charge is -2.37. The van der Waals surface area contributed by atoms with Crippen molar-refractivity contribution in [3.8, 4) is 5.75 Å². The number of hydrogen-bond donors (Lipinski definition) is 0. The second kappa shape index (κ2) is 10.0. The number of likely N-dealkylation sites (N-methyl/N-ethyl adjacent to an activating group) is 1. The van der Waals surface area contributed by atoms with Crippen molar-refractivity contribution in [1.82, 2.24) is 19.8 Å². The maximum atomic E-state index is 12.6. The highest BCUT2D eigenvalue weighted by atomic mass is 79.9. The minimum Gasteiger partial charge on any atom is -0.487 e. The minimum absolute atomic E-state index is 0.200. The van der Waals surface area contributed by atoms with Gasteiger partial charge in [0.25, 0.3) is 0 Å². The summed E-state index contributed by atoms with van der Waals surface area (Å²) in [6.07, 6.45) is 2.00. The topological polar surface area (TPSA) is 74.3 Å². The molecule has 2 aromatic rings. The predicted molar refractivity (Wildman–Crippen MR) is 146 cm³/mol. The van der Waals surface area contributed by atoms with Crippen molar-refractivity contribution in [2.24, 2.45) is 0 Å². The van der Waals surface area contributed by atoms with Crippen molar-refractivity contribution in [2.75, 3.05) is 69.2 Å². The summed E-state index contributed by atoms with van der Waals surface area (Å²) >= 11 is 10.3. The van der Waals surface area contributed by atoms with Crippen LogP contribution in [0.4, 0.5) is 16.6 Å². The normalized spacial score (nSPS) is 19.7. The van der Waals surface area contributed by atoms with Crippen LogP contribution < -0.4 is 14.5 Å². The molecule has 3 aliphatic rings. The van der Waals surface area contributed by atoms with Crippen LogP contribution in [0.2, 0.25) is 5.02 Å². The number of halogens is 2. The fourth-order valence-corrected chi connectivity index (χ4v) is 5.02. The standard InChI is InChI=1S/C25H34BrClN6O3/c1-25(2,3)36-24(34)33-13-11-31(12-14-33)22-17-15-18(27)19(26)21(35-16-5-6-16)20(17)28-23(29-22)32-9-7-30(4)8-10-32/h15-16H,5-14H2,1-4H3. The second-order valence-corrected chi connectivity index (χ2v) is 12.0. The number of hydrogen-bond acceptors (Lipinski definition) is 8. The highest BCUT2D eigenvalue weighted by molar-refractivity contribution is 9.10. The van der Waals surface area contributed by atoms with Crippen LogP contribution in [0.1, 0.15) is 33.6 Å². The number of rotatable bonds is 4. The zero-order valence-electron chi connectivity index (χ0n) is 21.4. The lowest BCUT2D eigenvalue weighted by molar-refractivity contribution is 0.0240. The molecule has 0 radical (unpaired) electrons. The summed E-state index contributed by atoms with van der Waals surface area (Å²) in [4.78, 5) is 31.2. The number of carbonyl (C=O) groups is 1. The first-order chi connectivity index (χ1) is 17.1. The average molecular weight is 582 g/mol. The zero-order chi connectivity index (χ0) is 25.6. The van der Waals surface area contributed by atoms with Gasteiger partial charge in [0.1, 0.15) is 16.9 Å². The van der Waals surface area contributed by atoms with Crippen molar-refractivity contribution < 1.29 is 14.3 Å². The van der Waals surface area contributed by atoms with Gasteiger partial charge in [-0.3, -0.25) is 0 Å². The SMILES string of the molecule is CN1CCN(c2nc(N3CCN(C(=O)OC(C)(C)C)CC3)c3cc(Cl)c(Br)c(OC4CC4)c3n2)CC1. The van der Waals surface area contributed by atoms with Crippen molar-refractivity contribution >= 4 is 56.3 Å². The molecule has 1 aliphatic carbocycles. The van der Waals surface area contributed by atoms with Crippen molar-refractivity contribution in [3.63, 3.8) is 0 Å². The number of aromatic nitrogens is 2. The first-order valence-electron chi connectivity index (χ1n) is 12.6. The van der Waals surface area contributed by atoms with E-state index in [4.69, 9.17) is 31.0 Å². The molecule has 1 amide bonds. The van der Waals surface area contributed by atoms with Crippen molar-refractivity contribution in [3.05, 3.63) is 15.6 Å². The van der Waals surface area contributed by atoms with Crippen molar-refractivity contribution in [1.29, 1.82) is 0 Å². The van der Waals surface area contributed by atoms with Gasteiger partial charge in [-0.05, 0) is 62.7 Å². The van der Waals surface area contributed by atoms with Crippen LogP contribution in [0.25, 0.3) is 10.9 Å². The summed E-state index contributed by atoms with van der Waals surface area (Å²) in [5.41, 5.74) is 0.253. The number of amides is 1. The van der Waals surface area contributed by atoms with E-state index in [1.807, 2.05) is 26.8 Å². The Balaban J connectivity index is 1.50. The molecule has 1 aromatic heterocycles. The summed E-state index contributed by atoms with van der Waals surface area (Å²) in [7, 11) is 2.13. The number of anilines is 2. The Kier molecular flexibility index (Phi) is 7.13. The van der Waals surface area contributed by atoms with Gasteiger partial charge in [-0.2, -0.15) is 4.98 Å². The van der Waals surface area contributed by atoms with Crippen LogP contribution in [0.15, 0.2) is 10.5 Å². The van der Waals surface area contributed by atoms with Gasteiger partial charge in [-0.25, -0.2) is 9.78 Å². The number of nitrogens with zero attached hydrogens (tertiary/aromatic N) is 6. The van der Waals surface area contributed by atoms with Crippen molar-refractivity contribution in [2.45, 2.75) is 45.3 Å². The van der Waals surface area contributed by atoms with E-state index in [2.05, 4.69) is 37.7 Å². The molecule has 0 unspecified atom stereocenters. The fourth-order valence-electron chi connectivity index (χ4n) is 4.43. The lowest BCUT2D eigenvalue weighted by atomic mass is 10.2. The molecule has 11 heteroatoms. The second-order valence-electron chi connectivity index (χ2n) is 10.8. The zero-order valence-corrected chi connectivity index (χ0v) is 23.7. The minimum atomic E-state index is -0.517. The molecular formula is C25H34BrClN6O3. The molecule has 0 spiro atoms. The van der Waals surface area contributed by atoms with E-state index in [0.717, 1.165) is 60.2 Å². The van der Waals surface area contributed by atoms with Gasteiger partial charge in [0.05, 0.1) is 15.6 Å². The van der Waals surface area contributed by atoms with Gasteiger partial charge >= 0.3 is 6.09 Å². The molecule has 196 valence electrons. The molecule has 1 saturated carbocycles. The molecule has 2 saturated heterocycles. The van der Waals surface area contributed by atoms with Gasteiger partial charge in [0, 0.05) is 57.7 Å². The molecule has 0 bridgehead atoms. The smallest absolute Gasteiger partial charge is 0.410 e. The van der Waals surface area contributed by atoms with E-state index in [0.29, 0.717) is 42.9 Å². The van der Waals surface area contributed by atoms with E-state index >= 15 is 0 Å². The maximum Gasteiger partial charge on any atom is 0.410 e. The molecular weight excluding hydrogens is 548 g/mol. The van der Waals surface area contributed by atoms with Gasteiger partial charge in [-0.1, -0.05) is 11.6 Å². The average Bonchev–Trinajstić information content (AvgIpc) is 3.65. The van der Waals surface area contributed by atoms with Crippen LogP contribution in [-0.4, -0.2) is 97.0 Å². The van der Waals surface area contributed by atoms with Gasteiger partial charge in [0.2, 0.25) is 5.95 Å². The summed E-state index contributed by atoms with van der Waals surface area (Å²) in [5.74, 6) is 2.22. The molecule has 2 aliphatic heterocycles. The van der Waals surface area contributed by atoms with Crippen LogP contribution in [-0.2, 0) is 4.74 Å². The number of ether oxygens (including phenoxy) is 2. The monoisotopic (exact) mass is 580 g/mol. The summed E-state index contributed by atoms with van der Waals surface area (Å²) in [6, 6.07) is 1.92. The Morgan fingerprint density at radius 2 is 1.67 bits per heavy atom. The first-order valence-corrected chi connectivity index (χ1v) is 13.8. The van der Waals surface area contributed by atoms with Gasteiger partial charge < -0.3 is 29.1 Å².